The van der Waals surface area contributed by atoms with E-state index in [0.717, 1.165) is 56.6 Å². The van der Waals surface area contributed by atoms with Crippen molar-refractivity contribution in [3.8, 4) is 0 Å². The molecule has 0 saturated carbocycles. The zero-order valence-electron chi connectivity index (χ0n) is 15.9. The van der Waals surface area contributed by atoms with Crippen LogP contribution in [0.25, 0.3) is 0 Å². The Labute approximate surface area is 159 Å². The first-order chi connectivity index (χ1) is 13.0. The molecule has 7 heteroatoms. The van der Waals surface area contributed by atoms with E-state index in [0.29, 0.717) is 18.7 Å². The largest absolute Gasteiger partial charge is 0.369 e. The first-order valence-electron chi connectivity index (χ1n) is 9.66. The Morgan fingerprint density at radius 2 is 2.07 bits per heavy atom. The molecule has 2 aliphatic heterocycles. The van der Waals surface area contributed by atoms with Gasteiger partial charge in [-0.2, -0.15) is 0 Å². The number of benzene rings is 1. The molecule has 1 unspecified atom stereocenters. The number of hydrogen-bond donors (Lipinski definition) is 2. The third-order valence-electron chi connectivity index (χ3n) is 5.46. The molecule has 146 valence electrons. The number of nitrogens with zero attached hydrogens (tertiary/aromatic N) is 2. The molecule has 1 fully saturated rings. The van der Waals surface area contributed by atoms with Crippen LogP contribution in [0.2, 0.25) is 0 Å². The smallest absolute Gasteiger partial charge is 0.251 e. The molecule has 0 aliphatic carbocycles. The molecule has 0 bridgehead atoms. The molecule has 27 heavy (non-hydrogen) atoms. The molecule has 3 N–H and O–H groups in total. The molecule has 3 rings (SSSR count). The summed E-state index contributed by atoms with van der Waals surface area (Å²) in [5.41, 5.74) is 7.99. The SMILES string of the molecule is CC(=O)N1CCc2cc(C(=O)NCCCN3CCCC(C(N)=O)C3)ccc21. The van der Waals surface area contributed by atoms with Crippen LogP contribution in [0, 0.1) is 5.92 Å². The molecule has 2 heterocycles. The molecular weight excluding hydrogens is 344 g/mol. The quantitative estimate of drug-likeness (QED) is 0.726. The third-order valence-corrected chi connectivity index (χ3v) is 5.46. The van der Waals surface area contributed by atoms with E-state index in [1.807, 2.05) is 12.1 Å². The molecule has 1 aromatic carbocycles. The Balaban J connectivity index is 1.45. The number of rotatable bonds is 6. The summed E-state index contributed by atoms with van der Waals surface area (Å²) >= 11 is 0. The van der Waals surface area contributed by atoms with Crippen molar-refractivity contribution in [2.75, 3.05) is 37.6 Å². The van der Waals surface area contributed by atoms with E-state index in [9.17, 15) is 14.4 Å². The summed E-state index contributed by atoms with van der Waals surface area (Å²) in [6.07, 6.45) is 3.49. The van der Waals surface area contributed by atoms with Crippen LogP contribution in [0.1, 0.15) is 42.1 Å². The summed E-state index contributed by atoms with van der Waals surface area (Å²) in [5, 5.41) is 2.96. The number of amides is 3. The van der Waals surface area contributed by atoms with Gasteiger partial charge in [-0.1, -0.05) is 0 Å². The Kier molecular flexibility index (Phi) is 6.11. The van der Waals surface area contributed by atoms with E-state index >= 15 is 0 Å². The molecule has 0 spiro atoms. The fraction of sp³-hybridized carbons (Fsp3) is 0.550. The van der Waals surface area contributed by atoms with Crippen molar-refractivity contribution in [3.63, 3.8) is 0 Å². The maximum atomic E-state index is 12.4. The fourth-order valence-corrected chi connectivity index (χ4v) is 3.97. The average Bonchev–Trinajstić information content (AvgIpc) is 3.08. The van der Waals surface area contributed by atoms with Gasteiger partial charge in [0.1, 0.15) is 0 Å². The Bertz CT molecular complexity index is 734. The van der Waals surface area contributed by atoms with Gasteiger partial charge in [0.25, 0.3) is 5.91 Å². The van der Waals surface area contributed by atoms with Crippen LogP contribution in [0.3, 0.4) is 0 Å². The number of hydrogen-bond acceptors (Lipinski definition) is 4. The predicted molar refractivity (Wildman–Crippen MR) is 103 cm³/mol. The number of carbonyl (C=O) groups excluding carboxylic acids is 3. The topological polar surface area (TPSA) is 95.7 Å². The van der Waals surface area contributed by atoms with Crippen molar-refractivity contribution in [3.05, 3.63) is 29.3 Å². The van der Waals surface area contributed by atoms with Gasteiger partial charge >= 0.3 is 0 Å². The van der Waals surface area contributed by atoms with Crippen LogP contribution in [-0.2, 0) is 16.0 Å². The summed E-state index contributed by atoms with van der Waals surface area (Å²) in [6, 6.07) is 5.52. The van der Waals surface area contributed by atoms with E-state index < -0.39 is 0 Å². The van der Waals surface area contributed by atoms with Gasteiger partial charge in [0, 0.05) is 37.8 Å². The lowest BCUT2D eigenvalue weighted by Gasteiger charge is -2.31. The van der Waals surface area contributed by atoms with Gasteiger partial charge in [0.05, 0.1) is 5.92 Å². The van der Waals surface area contributed by atoms with E-state index in [1.165, 1.54) is 0 Å². The normalized spacial score (nSPS) is 19.6. The standard InChI is InChI=1S/C20H28N4O3/c1-14(25)24-11-7-15-12-16(5-6-18(15)24)20(27)22-8-3-10-23-9-2-4-17(13-23)19(21)26/h5-6,12,17H,2-4,7-11,13H2,1H3,(H2,21,26)(H,22,27). The maximum absolute atomic E-state index is 12.4. The lowest BCUT2D eigenvalue weighted by atomic mass is 9.97. The molecule has 1 atom stereocenters. The highest BCUT2D eigenvalue weighted by Crippen LogP contribution is 2.28. The molecule has 7 nitrogen and oxygen atoms in total. The van der Waals surface area contributed by atoms with E-state index in [-0.39, 0.29) is 23.6 Å². The third kappa shape index (κ3) is 4.66. The number of carbonyl (C=O) groups is 3. The highest BCUT2D eigenvalue weighted by Gasteiger charge is 2.24. The van der Waals surface area contributed by atoms with Crippen molar-refractivity contribution >= 4 is 23.4 Å². The van der Waals surface area contributed by atoms with Gasteiger partial charge < -0.3 is 20.9 Å². The minimum Gasteiger partial charge on any atom is -0.369 e. The number of likely N-dealkylation sites (tertiary alicyclic amines) is 1. The zero-order valence-corrected chi connectivity index (χ0v) is 15.9. The van der Waals surface area contributed by atoms with Crippen molar-refractivity contribution in [1.82, 2.24) is 10.2 Å². The van der Waals surface area contributed by atoms with Gasteiger partial charge in [0.2, 0.25) is 11.8 Å². The summed E-state index contributed by atoms with van der Waals surface area (Å²) in [5.74, 6) is -0.322. The number of piperidine rings is 1. The van der Waals surface area contributed by atoms with Crippen molar-refractivity contribution in [1.29, 1.82) is 0 Å². The molecule has 0 radical (unpaired) electrons. The van der Waals surface area contributed by atoms with Gasteiger partial charge in [-0.3, -0.25) is 14.4 Å². The average molecular weight is 372 g/mol. The monoisotopic (exact) mass is 372 g/mol. The number of nitrogens with one attached hydrogen (secondary N) is 1. The summed E-state index contributed by atoms with van der Waals surface area (Å²) < 4.78 is 0. The van der Waals surface area contributed by atoms with Gasteiger partial charge in [-0.15, -0.1) is 0 Å². The lowest BCUT2D eigenvalue weighted by molar-refractivity contribution is -0.123. The molecule has 1 aromatic rings. The summed E-state index contributed by atoms with van der Waals surface area (Å²) in [4.78, 5) is 39.3. The number of nitrogens with two attached hydrogens (primary N) is 1. The number of fused-ring (bicyclic) bond motifs is 1. The van der Waals surface area contributed by atoms with Crippen LogP contribution >= 0.6 is 0 Å². The molecule has 3 amide bonds. The van der Waals surface area contributed by atoms with E-state index in [1.54, 1.807) is 17.9 Å². The molecule has 2 aliphatic rings. The van der Waals surface area contributed by atoms with Crippen LogP contribution in [0.15, 0.2) is 18.2 Å². The minimum absolute atomic E-state index is 0.0299. The van der Waals surface area contributed by atoms with Gasteiger partial charge in [-0.25, -0.2) is 0 Å². The summed E-state index contributed by atoms with van der Waals surface area (Å²) in [6.45, 7) is 5.38. The second kappa shape index (κ2) is 8.52. The number of primary amides is 1. The molecule has 1 saturated heterocycles. The van der Waals surface area contributed by atoms with Gasteiger partial charge in [0.15, 0.2) is 0 Å². The Morgan fingerprint density at radius 3 is 2.81 bits per heavy atom. The first kappa shape index (κ1) is 19.4. The highest BCUT2D eigenvalue weighted by atomic mass is 16.2. The predicted octanol–water partition coefficient (Wildman–Crippen LogP) is 0.913. The second-order valence-electron chi connectivity index (χ2n) is 7.42. The second-order valence-corrected chi connectivity index (χ2v) is 7.42. The minimum atomic E-state index is -0.215. The van der Waals surface area contributed by atoms with Gasteiger partial charge in [-0.05, 0) is 62.5 Å². The van der Waals surface area contributed by atoms with Crippen LogP contribution in [-0.4, -0.2) is 55.3 Å². The van der Waals surface area contributed by atoms with Crippen molar-refractivity contribution in [2.45, 2.75) is 32.6 Å². The Morgan fingerprint density at radius 1 is 1.26 bits per heavy atom. The van der Waals surface area contributed by atoms with Crippen LogP contribution in [0.4, 0.5) is 5.69 Å². The first-order valence-corrected chi connectivity index (χ1v) is 9.66. The maximum Gasteiger partial charge on any atom is 0.251 e. The molecular formula is C20H28N4O3. The lowest BCUT2D eigenvalue weighted by Crippen LogP contribution is -2.42. The van der Waals surface area contributed by atoms with Crippen LogP contribution < -0.4 is 16.0 Å². The highest BCUT2D eigenvalue weighted by molar-refractivity contribution is 5.97. The van der Waals surface area contributed by atoms with Crippen molar-refractivity contribution in [2.24, 2.45) is 11.7 Å². The molecule has 0 aromatic heterocycles. The van der Waals surface area contributed by atoms with Crippen molar-refractivity contribution < 1.29 is 14.4 Å². The zero-order chi connectivity index (χ0) is 19.4. The van der Waals surface area contributed by atoms with E-state index in [2.05, 4.69) is 10.2 Å². The van der Waals surface area contributed by atoms with Crippen LogP contribution in [0.5, 0.6) is 0 Å². The fourth-order valence-electron chi connectivity index (χ4n) is 3.97. The Hall–Kier alpha value is -2.41. The van der Waals surface area contributed by atoms with E-state index in [4.69, 9.17) is 5.73 Å². The number of anilines is 1. The summed E-state index contributed by atoms with van der Waals surface area (Å²) in [7, 11) is 0.